The van der Waals surface area contributed by atoms with Gasteiger partial charge in [-0.1, -0.05) is 12.1 Å². The zero-order chi connectivity index (χ0) is 24.6. The third-order valence-corrected chi connectivity index (χ3v) is 4.93. The molecule has 2 heterocycles. The first kappa shape index (κ1) is 23.6. The molecular weight excluding hydrogens is 452 g/mol. The van der Waals surface area contributed by atoms with Gasteiger partial charge in [0.25, 0.3) is 5.91 Å². The Morgan fingerprint density at radius 3 is 2.80 bits per heavy atom. The van der Waals surface area contributed by atoms with Gasteiger partial charge in [0, 0.05) is 0 Å². The average Bonchev–Trinajstić information content (AvgIpc) is 3.51. The fourth-order valence-corrected chi connectivity index (χ4v) is 3.31. The van der Waals surface area contributed by atoms with Crippen LogP contribution in [-0.2, 0) is 22.7 Å². The molecule has 0 unspecified atom stereocenters. The van der Waals surface area contributed by atoms with E-state index >= 15 is 0 Å². The van der Waals surface area contributed by atoms with Crippen molar-refractivity contribution in [1.82, 2.24) is 15.0 Å². The molecule has 4 aromatic rings. The lowest BCUT2D eigenvalue weighted by atomic mass is 10.2. The van der Waals surface area contributed by atoms with E-state index in [9.17, 15) is 9.59 Å². The summed E-state index contributed by atoms with van der Waals surface area (Å²) >= 11 is 0. The molecule has 10 heteroatoms. The van der Waals surface area contributed by atoms with Gasteiger partial charge in [-0.05, 0) is 55.0 Å². The van der Waals surface area contributed by atoms with Gasteiger partial charge in [0.15, 0.2) is 11.5 Å². The minimum absolute atomic E-state index is 0.0965. The molecule has 0 fully saturated rings. The molecular formula is C25H24N4O6. The largest absolute Gasteiger partial charge is 0.490 e. The Kier molecular flexibility index (Phi) is 7.41. The van der Waals surface area contributed by atoms with Gasteiger partial charge in [-0.2, -0.15) is 5.10 Å². The zero-order valence-corrected chi connectivity index (χ0v) is 19.3. The molecule has 0 saturated heterocycles. The fraction of sp³-hybridized carbons (Fsp3) is 0.200. The normalized spacial score (nSPS) is 11.0. The number of para-hydroxylation sites is 2. The molecule has 0 atom stereocenters. The molecule has 0 saturated carbocycles. The van der Waals surface area contributed by atoms with Gasteiger partial charge in [0.1, 0.15) is 18.9 Å². The van der Waals surface area contributed by atoms with E-state index in [-0.39, 0.29) is 24.8 Å². The van der Waals surface area contributed by atoms with Crippen LogP contribution in [0.1, 0.15) is 28.8 Å². The summed E-state index contributed by atoms with van der Waals surface area (Å²) in [5.74, 6) is 0.737. The van der Waals surface area contributed by atoms with Crippen LogP contribution in [0.25, 0.3) is 11.0 Å². The van der Waals surface area contributed by atoms with Crippen molar-refractivity contribution >= 4 is 29.1 Å². The average molecular weight is 476 g/mol. The highest BCUT2D eigenvalue weighted by molar-refractivity contribution is 5.86. The molecule has 1 N–H and O–H groups in total. The van der Waals surface area contributed by atoms with Crippen LogP contribution in [0.4, 0.5) is 0 Å². The molecule has 2 aromatic heterocycles. The monoisotopic (exact) mass is 476 g/mol. The van der Waals surface area contributed by atoms with E-state index in [4.69, 9.17) is 13.9 Å². The first-order valence-electron chi connectivity index (χ1n) is 10.9. The van der Waals surface area contributed by atoms with Crippen LogP contribution in [0.5, 0.6) is 11.5 Å². The molecule has 0 spiro atoms. The number of furan rings is 1. The van der Waals surface area contributed by atoms with Crippen molar-refractivity contribution in [3.05, 3.63) is 78.0 Å². The molecule has 0 aliphatic heterocycles. The van der Waals surface area contributed by atoms with Crippen LogP contribution in [0, 0.1) is 0 Å². The van der Waals surface area contributed by atoms with Crippen molar-refractivity contribution in [2.45, 2.75) is 20.1 Å². The first-order chi connectivity index (χ1) is 17.1. The van der Waals surface area contributed by atoms with Crippen molar-refractivity contribution in [1.29, 1.82) is 0 Å². The minimum atomic E-state index is -0.555. The first-order valence-corrected chi connectivity index (χ1v) is 10.9. The molecule has 0 bridgehead atoms. The number of esters is 1. The number of benzene rings is 2. The predicted octanol–water partition coefficient (Wildman–Crippen LogP) is 3.54. The van der Waals surface area contributed by atoms with E-state index in [1.807, 2.05) is 31.2 Å². The highest BCUT2D eigenvalue weighted by Crippen LogP contribution is 2.29. The van der Waals surface area contributed by atoms with E-state index in [0.717, 1.165) is 11.0 Å². The predicted molar refractivity (Wildman–Crippen MR) is 127 cm³/mol. The number of methoxy groups -OCH3 is 1. The third-order valence-electron chi connectivity index (χ3n) is 4.93. The van der Waals surface area contributed by atoms with Gasteiger partial charge in [-0.25, -0.2) is 15.2 Å². The van der Waals surface area contributed by atoms with Crippen molar-refractivity contribution in [2.24, 2.45) is 5.10 Å². The van der Waals surface area contributed by atoms with Crippen LogP contribution in [0.15, 0.2) is 70.4 Å². The Balaban J connectivity index is 1.36. The SMILES string of the molecule is CCOc1cc(C=NNC(=O)Cn2cnc3ccccc32)ccc1OCc1ccc(C(=O)OC)o1. The van der Waals surface area contributed by atoms with Gasteiger partial charge in [0.2, 0.25) is 5.76 Å². The molecule has 0 aliphatic carbocycles. The number of carbonyl (C=O) groups excluding carboxylic acids is 2. The molecule has 10 nitrogen and oxygen atoms in total. The minimum Gasteiger partial charge on any atom is -0.490 e. The maximum atomic E-state index is 12.3. The second kappa shape index (κ2) is 11.0. The van der Waals surface area contributed by atoms with Crippen LogP contribution in [-0.4, -0.2) is 41.4 Å². The molecule has 0 radical (unpaired) electrons. The van der Waals surface area contributed by atoms with Gasteiger partial charge < -0.3 is 23.2 Å². The summed E-state index contributed by atoms with van der Waals surface area (Å²) in [6.07, 6.45) is 3.14. The number of hydrazone groups is 1. The topological polar surface area (TPSA) is 117 Å². The Labute approximate surface area is 201 Å². The number of carbonyl (C=O) groups is 2. The Hall–Kier alpha value is -4.60. The highest BCUT2D eigenvalue weighted by Gasteiger charge is 2.13. The summed E-state index contributed by atoms with van der Waals surface area (Å²) < 4.78 is 23.3. The summed E-state index contributed by atoms with van der Waals surface area (Å²) in [4.78, 5) is 28.1. The van der Waals surface area contributed by atoms with Crippen molar-refractivity contribution in [3.63, 3.8) is 0 Å². The second-order valence-corrected chi connectivity index (χ2v) is 7.34. The maximum Gasteiger partial charge on any atom is 0.373 e. The molecule has 35 heavy (non-hydrogen) atoms. The summed E-state index contributed by atoms with van der Waals surface area (Å²) in [5, 5.41) is 4.04. The zero-order valence-electron chi connectivity index (χ0n) is 19.3. The van der Waals surface area contributed by atoms with E-state index < -0.39 is 5.97 Å². The number of aromatic nitrogens is 2. The number of ether oxygens (including phenoxy) is 3. The Bertz CT molecular complexity index is 1360. The Morgan fingerprint density at radius 2 is 1.97 bits per heavy atom. The number of hydrogen-bond donors (Lipinski definition) is 1. The quantitative estimate of drug-likeness (QED) is 0.211. The van der Waals surface area contributed by atoms with Gasteiger partial charge in [-0.3, -0.25) is 4.79 Å². The van der Waals surface area contributed by atoms with Gasteiger partial charge >= 0.3 is 5.97 Å². The number of amides is 1. The standard InChI is InChI=1S/C25H24N4O6/c1-3-33-23-12-17(8-10-21(23)34-15-18-9-11-22(35-18)25(31)32-2)13-27-28-24(30)14-29-16-26-19-6-4-5-7-20(19)29/h4-13,16H,3,14-15H2,1-2H3,(H,28,30). The number of imidazole rings is 1. The number of nitrogens with zero attached hydrogens (tertiary/aromatic N) is 3. The molecule has 180 valence electrons. The number of fused-ring (bicyclic) bond motifs is 1. The van der Waals surface area contributed by atoms with Gasteiger partial charge in [0.05, 0.1) is 37.3 Å². The van der Waals surface area contributed by atoms with Crippen LogP contribution in [0.2, 0.25) is 0 Å². The van der Waals surface area contributed by atoms with Crippen LogP contribution in [0.3, 0.4) is 0 Å². The van der Waals surface area contributed by atoms with E-state index in [1.165, 1.54) is 19.4 Å². The fourth-order valence-electron chi connectivity index (χ4n) is 3.31. The molecule has 0 aliphatic rings. The number of hydrogen-bond acceptors (Lipinski definition) is 8. The molecule has 2 aromatic carbocycles. The number of rotatable bonds is 10. The Morgan fingerprint density at radius 1 is 1.11 bits per heavy atom. The highest BCUT2D eigenvalue weighted by atomic mass is 16.5. The van der Waals surface area contributed by atoms with Crippen LogP contribution < -0.4 is 14.9 Å². The molecule has 4 rings (SSSR count). The lowest BCUT2D eigenvalue weighted by molar-refractivity contribution is -0.121. The van der Waals surface area contributed by atoms with Gasteiger partial charge in [-0.15, -0.1) is 0 Å². The maximum absolute atomic E-state index is 12.3. The molecule has 1 amide bonds. The third kappa shape index (κ3) is 5.85. The number of nitrogens with one attached hydrogen (secondary N) is 1. The summed E-state index contributed by atoms with van der Waals surface area (Å²) in [6, 6.07) is 16.0. The smallest absolute Gasteiger partial charge is 0.373 e. The lowest BCUT2D eigenvalue weighted by Crippen LogP contribution is -2.22. The van der Waals surface area contributed by atoms with E-state index in [2.05, 4.69) is 20.2 Å². The van der Waals surface area contributed by atoms with Crippen molar-refractivity contribution in [3.8, 4) is 11.5 Å². The second-order valence-electron chi connectivity index (χ2n) is 7.34. The summed E-state index contributed by atoms with van der Waals surface area (Å²) in [5.41, 5.74) is 4.93. The van der Waals surface area contributed by atoms with E-state index in [1.54, 1.807) is 35.2 Å². The summed E-state index contributed by atoms with van der Waals surface area (Å²) in [6.45, 7) is 2.49. The van der Waals surface area contributed by atoms with Crippen molar-refractivity contribution < 1.29 is 28.2 Å². The lowest BCUT2D eigenvalue weighted by Gasteiger charge is -2.11. The summed E-state index contributed by atoms with van der Waals surface area (Å²) in [7, 11) is 1.28. The van der Waals surface area contributed by atoms with Crippen LogP contribution >= 0.6 is 0 Å². The van der Waals surface area contributed by atoms with E-state index in [0.29, 0.717) is 29.4 Å². The van der Waals surface area contributed by atoms with Crippen molar-refractivity contribution in [2.75, 3.05) is 13.7 Å².